The van der Waals surface area contributed by atoms with Gasteiger partial charge in [0.25, 0.3) is 0 Å². The maximum absolute atomic E-state index is 13.3. The van der Waals surface area contributed by atoms with Crippen molar-refractivity contribution in [2.75, 3.05) is 6.54 Å². The van der Waals surface area contributed by atoms with Gasteiger partial charge in [-0.1, -0.05) is 42.5 Å². The Hall–Kier alpha value is -2.78. The van der Waals surface area contributed by atoms with Crippen LogP contribution in [0.15, 0.2) is 54.0 Å². The molecule has 2 aromatic rings. The SMILES string of the molecule is Cc1cc(C=C(CNC(=O)OCc2ccccc2)B2OC(C)(C)C(C)(C)O2)cc(C(F)(F)F)c1. The monoisotopic (exact) mass is 475 g/mol. The first-order valence-electron chi connectivity index (χ1n) is 11.0. The van der Waals surface area contributed by atoms with E-state index in [9.17, 15) is 18.0 Å². The van der Waals surface area contributed by atoms with Gasteiger partial charge >= 0.3 is 19.4 Å². The summed E-state index contributed by atoms with van der Waals surface area (Å²) >= 11 is 0. The molecule has 1 amide bonds. The number of aryl methyl sites for hydroxylation is 1. The minimum absolute atomic E-state index is 0.0280. The fourth-order valence-electron chi connectivity index (χ4n) is 3.42. The van der Waals surface area contributed by atoms with E-state index in [1.54, 1.807) is 19.1 Å². The van der Waals surface area contributed by atoms with E-state index < -0.39 is 36.2 Å². The summed E-state index contributed by atoms with van der Waals surface area (Å²) in [6, 6.07) is 13.0. The Bertz CT molecular complexity index is 1040. The van der Waals surface area contributed by atoms with E-state index in [0.717, 1.165) is 17.7 Å². The molecule has 1 aliphatic heterocycles. The number of benzene rings is 2. The number of amides is 1. The molecule has 0 atom stereocenters. The van der Waals surface area contributed by atoms with Gasteiger partial charge in [-0.05, 0) is 68.9 Å². The lowest BCUT2D eigenvalue weighted by Crippen LogP contribution is -2.41. The van der Waals surface area contributed by atoms with E-state index in [2.05, 4.69) is 5.32 Å². The van der Waals surface area contributed by atoms with Crippen LogP contribution in [0.5, 0.6) is 0 Å². The maximum atomic E-state index is 13.3. The highest BCUT2D eigenvalue weighted by Crippen LogP contribution is 2.39. The molecule has 0 spiro atoms. The summed E-state index contributed by atoms with van der Waals surface area (Å²) in [5.41, 5.74) is 0.0268. The van der Waals surface area contributed by atoms with Crippen LogP contribution < -0.4 is 5.32 Å². The van der Waals surface area contributed by atoms with Crippen LogP contribution in [0.4, 0.5) is 18.0 Å². The molecule has 1 N–H and O–H groups in total. The average molecular weight is 475 g/mol. The molecule has 1 saturated heterocycles. The largest absolute Gasteiger partial charge is 0.492 e. The number of hydrogen-bond donors (Lipinski definition) is 1. The van der Waals surface area contributed by atoms with Gasteiger partial charge in [-0.3, -0.25) is 0 Å². The van der Waals surface area contributed by atoms with Gasteiger partial charge in [0.15, 0.2) is 0 Å². The topological polar surface area (TPSA) is 56.8 Å². The van der Waals surface area contributed by atoms with Crippen molar-refractivity contribution < 1.29 is 32.0 Å². The molecular formula is C25H29BF3NO4. The second-order valence-corrected chi connectivity index (χ2v) is 9.35. The number of hydrogen-bond acceptors (Lipinski definition) is 4. The highest BCUT2D eigenvalue weighted by Gasteiger charge is 2.52. The van der Waals surface area contributed by atoms with Crippen LogP contribution in [-0.4, -0.2) is 31.0 Å². The van der Waals surface area contributed by atoms with Gasteiger partial charge in [-0.2, -0.15) is 13.2 Å². The van der Waals surface area contributed by atoms with Crippen molar-refractivity contribution in [3.63, 3.8) is 0 Å². The van der Waals surface area contributed by atoms with Crippen molar-refractivity contribution >= 4 is 19.3 Å². The first-order chi connectivity index (χ1) is 15.8. The van der Waals surface area contributed by atoms with Gasteiger partial charge < -0.3 is 19.4 Å². The molecule has 9 heteroatoms. The van der Waals surface area contributed by atoms with Gasteiger partial charge in [0, 0.05) is 6.54 Å². The molecule has 182 valence electrons. The Kier molecular flexibility index (Phi) is 7.48. The fraction of sp³-hybridized carbons (Fsp3) is 0.400. The average Bonchev–Trinajstić information content (AvgIpc) is 2.96. The van der Waals surface area contributed by atoms with Crippen LogP contribution >= 0.6 is 0 Å². The van der Waals surface area contributed by atoms with Crippen molar-refractivity contribution in [1.29, 1.82) is 0 Å². The van der Waals surface area contributed by atoms with Crippen molar-refractivity contribution in [1.82, 2.24) is 5.32 Å². The summed E-state index contributed by atoms with van der Waals surface area (Å²) < 4.78 is 57.4. The van der Waals surface area contributed by atoms with E-state index in [1.807, 2.05) is 58.0 Å². The number of carbonyl (C=O) groups excluding carboxylic acids is 1. The number of ether oxygens (including phenoxy) is 1. The third kappa shape index (κ3) is 6.42. The Morgan fingerprint density at radius 1 is 1.06 bits per heavy atom. The summed E-state index contributed by atoms with van der Waals surface area (Å²) in [7, 11) is -0.853. The smallest absolute Gasteiger partial charge is 0.445 e. The molecule has 1 aliphatic rings. The minimum Gasteiger partial charge on any atom is -0.445 e. The predicted molar refractivity (Wildman–Crippen MR) is 125 cm³/mol. The van der Waals surface area contributed by atoms with Crippen molar-refractivity contribution in [3.8, 4) is 0 Å². The molecule has 0 bridgehead atoms. The van der Waals surface area contributed by atoms with E-state index >= 15 is 0 Å². The quantitative estimate of drug-likeness (QED) is 0.525. The highest BCUT2D eigenvalue weighted by molar-refractivity contribution is 6.56. The van der Waals surface area contributed by atoms with Crippen LogP contribution in [0.2, 0.25) is 0 Å². The Morgan fingerprint density at radius 3 is 2.26 bits per heavy atom. The molecule has 34 heavy (non-hydrogen) atoms. The lowest BCUT2D eigenvalue weighted by Gasteiger charge is -2.32. The van der Waals surface area contributed by atoms with Gasteiger partial charge in [0.1, 0.15) is 6.61 Å². The summed E-state index contributed by atoms with van der Waals surface area (Å²) in [6.45, 7) is 9.16. The number of halogens is 3. The molecule has 0 unspecified atom stereocenters. The molecule has 1 fully saturated rings. The zero-order chi connectivity index (χ0) is 25.1. The van der Waals surface area contributed by atoms with E-state index in [-0.39, 0.29) is 13.2 Å². The second kappa shape index (κ2) is 9.84. The molecular weight excluding hydrogens is 446 g/mol. The Balaban J connectivity index is 1.82. The summed E-state index contributed by atoms with van der Waals surface area (Å²) in [5, 5.41) is 2.65. The third-order valence-electron chi connectivity index (χ3n) is 5.98. The van der Waals surface area contributed by atoms with Crippen LogP contribution in [0.3, 0.4) is 0 Å². The number of alkyl carbamates (subject to hydrolysis) is 1. The number of nitrogens with one attached hydrogen (secondary N) is 1. The second-order valence-electron chi connectivity index (χ2n) is 9.35. The lowest BCUT2D eigenvalue weighted by atomic mass is 9.77. The molecule has 1 heterocycles. The number of alkyl halides is 3. The molecule has 0 aromatic heterocycles. The molecule has 3 rings (SSSR count). The van der Waals surface area contributed by atoms with Crippen molar-refractivity contribution in [2.24, 2.45) is 0 Å². The number of carbonyl (C=O) groups is 1. The van der Waals surface area contributed by atoms with E-state index in [1.165, 1.54) is 0 Å². The van der Waals surface area contributed by atoms with Crippen molar-refractivity contribution in [3.05, 3.63) is 76.3 Å². The van der Waals surface area contributed by atoms with Crippen LogP contribution in [-0.2, 0) is 26.8 Å². The van der Waals surface area contributed by atoms with Crippen LogP contribution in [0.1, 0.15) is 49.9 Å². The first kappa shape index (κ1) is 25.8. The highest BCUT2D eigenvalue weighted by atomic mass is 19.4. The summed E-state index contributed by atoms with van der Waals surface area (Å²) in [4.78, 5) is 12.3. The molecule has 0 saturated carbocycles. The summed E-state index contributed by atoms with van der Waals surface area (Å²) in [6.07, 6.45) is -3.58. The van der Waals surface area contributed by atoms with Gasteiger partial charge in [0.2, 0.25) is 0 Å². The maximum Gasteiger partial charge on any atom is 0.492 e. The zero-order valence-electron chi connectivity index (χ0n) is 20.0. The Morgan fingerprint density at radius 2 is 1.68 bits per heavy atom. The molecule has 0 aliphatic carbocycles. The first-order valence-corrected chi connectivity index (χ1v) is 11.0. The number of rotatable bonds is 6. The third-order valence-corrected chi connectivity index (χ3v) is 5.98. The summed E-state index contributed by atoms with van der Waals surface area (Å²) in [5.74, 6) is 0. The fourth-order valence-corrected chi connectivity index (χ4v) is 3.42. The minimum atomic E-state index is -4.47. The standard InChI is InChI=1S/C25H29BF3NO4/c1-17-11-19(13-20(12-17)25(27,28)29)14-21(26-33-23(2,3)24(4,5)34-26)15-30-22(31)32-16-18-9-7-6-8-10-18/h6-14H,15-16H2,1-5H3,(H,30,31). The zero-order valence-corrected chi connectivity index (χ0v) is 20.0. The van der Waals surface area contributed by atoms with E-state index in [0.29, 0.717) is 16.6 Å². The normalized spacial score (nSPS) is 17.5. The molecule has 5 nitrogen and oxygen atoms in total. The predicted octanol–water partition coefficient (Wildman–Crippen LogP) is 5.96. The van der Waals surface area contributed by atoms with Gasteiger partial charge in [0.05, 0.1) is 16.8 Å². The van der Waals surface area contributed by atoms with Crippen LogP contribution in [0.25, 0.3) is 6.08 Å². The van der Waals surface area contributed by atoms with E-state index in [4.69, 9.17) is 14.0 Å². The molecule has 0 radical (unpaired) electrons. The lowest BCUT2D eigenvalue weighted by molar-refractivity contribution is -0.137. The Labute approximate surface area is 198 Å². The molecule has 2 aromatic carbocycles. The van der Waals surface area contributed by atoms with Crippen molar-refractivity contribution in [2.45, 2.75) is 58.6 Å². The van der Waals surface area contributed by atoms with Crippen LogP contribution in [0, 0.1) is 6.92 Å². The van der Waals surface area contributed by atoms with Gasteiger partial charge in [-0.15, -0.1) is 0 Å². The van der Waals surface area contributed by atoms with Gasteiger partial charge in [-0.25, -0.2) is 4.79 Å².